The second-order valence-electron chi connectivity index (χ2n) is 3.77. The molecule has 2 rings (SSSR count). The molecule has 0 spiro atoms. The molecule has 1 aliphatic carbocycles. The quantitative estimate of drug-likeness (QED) is 0.669. The molecule has 1 aromatic carbocycles. The number of halogens is 1. The molecule has 1 fully saturated rings. The number of rotatable bonds is 2. The number of anilines is 1. The van der Waals surface area contributed by atoms with Crippen LogP contribution in [0.25, 0.3) is 0 Å². The fraction of sp³-hybridized carbons (Fsp3) is 0.300. The van der Waals surface area contributed by atoms with Crippen LogP contribution in [0, 0.1) is 0 Å². The monoisotopic (exact) mass is 226 g/mol. The second kappa shape index (κ2) is 3.40. The lowest BCUT2D eigenvalue weighted by Crippen LogP contribution is -2.37. The first-order valence-corrected chi connectivity index (χ1v) is 4.98. The van der Waals surface area contributed by atoms with Crippen LogP contribution in [0.5, 0.6) is 5.75 Å². The first-order valence-electron chi connectivity index (χ1n) is 4.60. The Hall–Kier alpha value is -1.26. The molecule has 0 atom stereocenters. The van der Waals surface area contributed by atoms with Crippen LogP contribution in [0.1, 0.15) is 12.8 Å². The van der Waals surface area contributed by atoms with E-state index in [0.29, 0.717) is 23.6 Å². The van der Waals surface area contributed by atoms with Crippen LogP contribution in [0.3, 0.4) is 0 Å². The molecule has 0 aromatic heterocycles. The van der Waals surface area contributed by atoms with Gasteiger partial charge in [0.15, 0.2) is 0 Å². The lowest BCUT2D eigenvalue weighted by Gasteiger charge is -2.11. The number of carbonyl (C=O) groups excluding carboxylic acids is 1. The van der Waals surface area contributed by atoms with Gasteiger partial charge in [0.25, 0.3) is 0 Å². The van der Waals surface area contributed by atoms with Crippen molar-refractivity contribution in [3.05, 3.63) is 23.2 Å². The molecule has 0 unspecified atom stereocenters. The molecule has 1 aromatic rings. The number of nitrogens with two attached hydrogens (primary N) is 1. The van der Waals surface area contributed by atoms with Gasteiger partial charge in [0, 0.05) is 11.1 Å². The molecule has 1 amide bonds. The molecule has 15 heavy (non-hydrogen) atoms. The largest absolute Gasteiger partial charge is 0.506 e. The maximum absolute atomic E-state index is 11.6. The Balaban J connectivity index is 2.14. The summed E-state index contributed by atoms with van der Waals surface area (Å²) in [5.41, 5.74) is 5.29. The van der Waals surface area contributed by atoms with Crippen LogP contribution in [-0.2, 0) is 4.79 Å². The zero-order chi connectivity index (χ0) is 11.1. The van der Waals surface area contributed by atoms with Gasteiger partial charge in [0.05, 0.1) is 11.2 Å². The molecule has 1 saturated carbocycles. The van der Waals surface area contributed by atoms with Crippen molar-refractivity contribution < 1.29 is 9.90 Å². The maximum Gasteiger partial charge on any atom is 0.244 e. The summed E-state index contributed by atoms with van der Waals surface area (Å²) < 4.78 is 0. The summed E-state index contributed by atoms with van der Waals surface area (Å²) in [5.74, 6) is -0.319. The first-order chi connectivity index (χ1) is 7.01. The van der Waals surface area contributed by atoms with Crippen LogP contribution in [-0.4, -0.2) is 16.6 Å². The van der Waals surface area contributed by atoms with Crippen molar-refractivity contribution in [2.75, 3.05) is 5.32 Å². The number of amides is 1. The van der Waals surface area contributed by atoms with Gasteiger partial charge in [0.2, 0.25) is 5.91 Å². The van der Waals surface area contributed by atoms with Gasteiger partial charge in [-0.15, -0.1) is 0 Å². The predicted molar refractivity (Wildman–Crippen MR) is 57.9 cm³/mol. The summed E-state index contributed by atoms with van der Waals surface area (Å²) in [5, 5.41) is 12.5. The highest BCUT2D eigenvalue weighted by molar-refractivity contribution is 6.30. The van der Waals surface area contributed by atoms with Crippen LogP contribution in [0.4, 0.5) is 5.69 Å². The van der Waals surface area contributed by atoms with E-state index in [2.05, 4.69) is 5.32 Å². The molecular formula is C10H11ClN2O2. The zero-order valence-electron chi connectivity index (χ0n) is 7.96. The minimum Gasteiger partial charge on any atom is -0.506 e. The fourth-order valence-electron chi connectivity index (χ4n) is 1.22. The van der Waals surface area contributed by atoms with Crippen molar-refractivity contribution in [1.82, 2.24) is 0 Å². The number of hydrogen-bond acceptors (Lipinski definition) is 3. The Bertz CT molecular complexity index is 416. The zero-order valence-corrected chi connectivity index (χ0v) is 8.71. The van der Waals surface area contributed by atoms with Crippen LogP contribution < -0.4 is 11.1 Å². The number of aromatic hydroxyl groups is 1. The van der Waals surface area contributed by atoms with Crippen LogP contribution in [0.15, 0.2) is 18.2 Å². The summed E-state index contributed by atoms with van der Waals surface area (Å²) in [7, 11) is 0. The number of carbonyl (C=O) groups is 1. The van der Waals surface area contributed by atoms with Gasteiger partial charge < -0.3 is 16.2 Å². The van der Waals surface area contributed by atoms with Crippen molar-refractivity contribution in [1.29, 1.82) is 0 Å². The second-order valence-corrected chi connectivity index (χ2v) is 4.21. The van der Waals surface area contributed by atoms with E-state index in [-0.39, 0.29) is 11.7 Å². The Kier molecular flexibility index (Phi) is 2.32. The van der Waals surface area contributed by atoms with Gasteiger partial charge in [-0.2, -0.15) is 0 Å². The minimum absolute atomic E-state index is 0.0555. The van der Waals surface area contributed by atoms with Gasteiger partial charge in [-0.3, -0.25) is 4.79 Å². The number of hydrogen-bond donors (Lipinski definition) is 3. The summed E-state index contributed by atoms with van der Waals surface area (Å²) in [6.45, 7) is 0. The standard InChI is InChI=1S/C10H11ClN2O2/c11-6-1-2-7(8(14)5-6)13-9(15)10(12)3-4-10/h1-2,5,14H,3-4,12H2,(H,13,15). The summed E-state index contributed by atoms with van der Waals surface area (Å²) >= 11 is 5.66. The summed E-state index contributed by atoms with van der Waals surface area (Å²) in [6, 6.07) is 4.50. The van der Waals surface area contributed by atoms with Crippen molar-refractivity contribution in [3.63, 3.8) is 0 Å². The molecule has 1 aliphatic rings. The number of nitrogens with one attached hydrogen (secondary N) is 1. The molecule has 5 heteroatoms. The third kappa shape index (κ3) is 2.06. The fourth-order valence-corrected chi connectivity index (χ4v) is 1.39. The summed E-state index contributed by atoms with van der Waals surface area (Å²) in [4.78, 5) is 11.6. The molecule has 0 bridgehead atoms. The molecule has 4 nitrogen and oxygen atoms in total. The van der Waals surface area contributed by atoms with Crippen molar-refractivity contribution in [2.24, 2.45) is 5.73 Å². The van der Waals surface area contributed by atoms with Crippen molar-refractivity contribution in [3.8, 4) is 5.75 Å². The smallest absolute Gasteiger partial charge is 0.244 e. The van der Waals surface area contributed by atoms with E-state index < -0.39 is 5.54 Å². The van der Waals surface area contributed by atoms with Crippen LogP contribution in [0.2, 0.25) is 5.02 Å². The minimum atomic E-state index is -0.744. The average molecular weight is 227 g/mol. The molecule has 0 heterocycles. The Morgan fingerprint density at radius 2 is 2.20 bits per heavy atom. The van der Waals surface area contributed by atoms with Crippen molar-refractivity contribution >= 4 is 23.2 Å². The molecule has 0 saturated heterocycles. The van der Waals surface area contributed by atoms with Crippen molar-refractivity contribution in [2.45, 2.75) is 18.4 Å². The van der Waals surface area contributed by atoms with E-state index in [1.807, 2.05) is 0 Å². The highest BCUT2D eigenvalue weighted by Crippen LogP contribution is 2.35. The lowest BCUT2D eigenvalue weighted by atomic mass is 10.2. The van der Waals surface area contributed by atoms with E-state index in [0.717, 1.165) is 0 Å². The maximum atomic E-state index is 11.6. The topological polar surface area (TPSA) is 75.4 Å². The molecular weight excluding hydrogens is 216 g/mol. The number of benzene rings is 1. The van der Waals surface area contributed by atoms with E-state index in [4.69, 9.17) is 17.3 Å². The molecule has 0 radical (unpaired) electrons. The van der Waals surface area contributed by atoms with E-state index in [9.17, 15) is 9.90 Å². The molecule has 4 N–H and O–H groups in total. The summed E-state index contributed by atoms with van der Waals surface area (Å²) in [6.07, 6.45) is 1.38. The number of phenols is 1. The van der Waals surface area contributed by atoms with Gasteiger partial charge in [-0.05, 0) is 25.0 Å². The van der Waals surface area contributed by atoms with E-state index in [1.165, 1.54) is 6.07 Å². The highest BCUT2D eigenvalue weighted by Gasteiger charge is 2.46. The molecule has 80 valence electrons. The van der Waals surface area contributed by atoms with Gasteiger partial charge in [-0.25, -0.2) is 0 Å². The Labute approximate surface area is 92.0 Å². The lowest BCUT2D eigenvalue weighted by molar-refractivity contribution is -0.118. The highest BCUT2D eigenvalue weighted by atomic mass is 35.5. The van der Waals surface area contributed by atoms with Crippen LogP contribution >= 0.6 is 11.6 Å². The first kappa shape index (κ1) is 10.3. The van der Waals surface area contributed by atoms with Gasteiger partial charge >= 0.3 is 0 Å². The predicted octanol–water partition coefficient (Wildman–Crippen LogP) is 1.48. The normalized spacial score (nSPS) is 17.2. The third-order valence-corrected chi connectivity index (χ3v) is 2.68. The van der Waals surface area contributed by atoms with Gasteiger partial charge in [-0.1, -0.05) is 11.6 Å². The van der Waals surface area contributed by atoms with E-state index >= 15 is 0 Å². The number of phenolic OH excluding ortho intramolecular Hbond substituents is 1. The van der Waals surface area contributed by atoms with Gasteiger partial charge in [0.1, 0.15) is 5.75 Å². The Morgan fingerprint density at radius 1 is 1.53 bits per heavy atom. The van der Waals surface area contributed by atoms with E-state index in [1.54, 1.807) is 12.1 Å². The Morgan fingerprint density at radius 3 is 2.73 bits per heavy atom. The third-order valence-electron chi connectivity index (χ3n) is 2.45. The average Bonchev–Trinajstić information content (AvgIpc) is 2.90. The SMILES string of the molecule is NC1(C(=O)Nc2ccc(Cl)cc2O)CC1. The molecule has 0 aliphatic heterocycles.